The SMILES string of the molecule is CN=C(NCCCOCC1CCOCC1)NCCSCc1ccccc1F.I. The van der Waals surface area contributed by atoms with Crippen molar-refractivity contribution in [2.75, 3.05) is 52.3 Å². The number of ether oxygens (including phenoxy) is 2. The van der Waals surface area contributed by atoms with Crippen LogP contribution < -0.4 is 10.6 Å². The summed E-state index contributed by atoms with van der Waals surface area (Å²) in [7, 11) is 1.77. The first-order valence-corrected chi connectivity index (χ1v) is 10.9. The zero-order valence-corrected chi connectivity index (χ0v) is 19.8. The summed E-state index contributed by atoms with van der Waals surface area (Å²) >= 11 is 1.71. The maximum Gasteiger partial charge on any atom is 0.191 e. The van der Waals surface area contributed by atoms with Crippen LogP contribution in [0.3, 0.4) is 0 Å². The number of nitrogens with zero attached hydrogens (tertiary/aromatic N) is 1. The number of hydrogen-bond donors (Lipinski definition) is 2. The molecule has 160 valence electrons. The third-order valence-corrected chi connectivity index (χ3v) is 5.44. The van der Waals surface area contributed by atoms with Gasteiger partial charge in [-0.2, -0.15) is 11.8 Å². The first-order valence-electron chi connectivity index (χ1n) is 9.70. The number of hydrogen-bond acceptors (Lipinski definition) is 4. The summed E-state index contributed by atoms with van der Waals surface area (Å²) < 4.78 is 24.7. The molecule has 0 aromatic heterocycles. The fourth-order valence-corrected chi connectivity index (χ4v) is 3.65. The van der Waals surface area contributed by atoms with E-state index in [2.05, 4.69) is 15.6 Å². The molecule has 1 heterocycles. The Bertz CT molecular complexity index is 560. The van der Waals surface area contributed by atoms with Crippen molar-refractivity contribution in [2.45, 2.75) is 25.0 Å². The molecule has 1 saturated heterocycles. The van der Waals surface area contributed by atoms with E-state index in [-0.39, 0.29) is 29.8 Å². The van der Waals surface area contributed by atoms with Crippen LogP contribution in [0.2, 0.25) is 0 Å². The second-order valence-electron chi connectivity index (χ2n) is 6.55. The second-order valence-corrected chi connectivity index (χ2v) is 7.66. The molecule has 0 radical (unpaired) electrons. The van der Waals surface area contributed by atoms with Crippen LogP contribution in [0.1, 0.15) is 24.8 Å². The second kappa shape index (κ2) is 16.2. The van der Waals surface area contributed by atoms with Gasteiger partial charge in [0.05, 0.1) is 0 Å². The lowest BCUT2D eigenvalue weighted by atomic mass is 10.0. The summed E-state index contributed by atoms with van der Waals surface area (Å²) in [5, 5.41) is 6.58. The van der Waals surface area contributed by atoms with Crippen LogP contribution in [0.15, 0.2) is 29.3 Å². The molecule has 0 spiro atoms. The summed E-state index contributed by atoms with van der Waals surface area (Å²) in [6, 6.07) is 6.93. The molecule has 0 amide bonds. The van der Waals surface area contributed by atoms with E-state index in [4.69, 9.17) is 9.47 Å². The Morgan fingerprint density at radius 2 is 2.00 bits per heavy atom. The van der Waals surface area contributed by atoms with Gasteiger partial charge in [0.1, 0.15) is 5.82 Å². The van der Waals surface area contributed by atoms with E-state index < -0.39 is 0 Å². The Labute approximate surface area is 189 Å². The van der Waals surface area contributed by atoms with Gasteiger partial charge in [-0.15, -0.1) is 24.0 Å². The van der Waals surface area contributed by atoms with E-state index in [9.17, 15) is 4.39 Å². The van der Waals surface area contributed by atoms with Gasteiger partial charge in [-0.25, -0.2) is 4.39 Å². The predicted octanol–water partition coefficient (Wildman–Crippen LogP) is 3.68. The van der Waals surface area contributed by atoms with Crippen LogP contribution in [0, 0.1) is 11.7 Å². The smallest absolute Gasteiger partial charge is 0.191 e. The maximum absolute atomic E-state index is 13.5. The molecule has 0 saturated carbocycles. The van der Waals surface area contributed by atoms with Gasteiger partial charge in [-0.3, -0.25) is 4.99 Å². The molecule has 28 heavy (non-hydrogen) atoms. The molecule has 2 rings (SSSR count). The Morgan fingerprint density at radius 3 is 2.75 bits per heavy atom. The molecule has 8 heteroatoms. The summed E-state index contributed by atoms with van der Waals surface area (Å²) in [5.74, 6) is 2.90. The van der Waals surface area contributed by atoms with E-state index >= 15 is 0 Å². The highest BCUT2D eigenvalue weighted by Crippen LogP contribution is 2.15. The summed E-state index contributed by atoms with van der Waals surface area (Å²) in [5.41, 5.74) is 0.755. The molecule has 0 aliphatic carbocycles. The van der Waals surface area contributed by atoms with Crippen LogP contribution in [0.25, 0.3) is 0 Å². The molecular formula is C20H33FIN3O2S. The van der Waals surface area contributed by atoms with Gasteiger partial charge >= 0.3 is 0 Å². The average Bonchev–Trinajstić information content (AvgIpc) is 2.70. The minimum absolute atomic E-state index is 0. The molecule has 2 N–H and O–H groups in total. The molecule has 1 aromatic carbocycles. The molecule has 1 fully saturated rings. The summed E-state index contributed by atoms with van der Waals surface area (Å²) in [4.78, 5) is 4.22. The van der Waals surface area contributed by atoms with Crippen molar-refractivity contribution in [1.82, 2.24) is 10.6 Å². The van der Waals surface area contributed by atoms with Crippen molar-refractivity contribution >= 4 is 41.7 Å². The van der Waals surface area contributed by atoms with Crippen molar-refractivity contribution in [3.8, 4) is 0 Å². The third kappa shape index (κ3) is 10.8. The predicted molar refractivity (Wildman–Crippen MR) is 126 cm³/mol. The van der Waals surface area contributed by atoms with Crippen LogP contribution in [0.4, 0.5) is 4.39 Å². The standard InChI is InChI=1S/C20H32FN3O2S.HI/c1-22-20(23-9-4-11-26-15-17-7-12-25-13-8-17)24-10-14-27-16-18-5-2-3-6-19(18)21;/h2-3,5-6,17H,4,7-16H2,1H3,(H2,22,23,24);1H. The van der Waals surface area contributed by atoms with Crippen LogP contribution in [-0.2, 0) is 15.2 Å². The molecule has 0 unspecified atom stereocenters. The first kappa shape index (κ1) is 25.5. The van der Waals surface area contributed by atoms with Gasteiger partial charge in [0.25, 0.3) is 0 Å². The van der Waals surface area contributed by atoms with Crippen molar-refractivity contribution in [2.24, 2.45) is 10.9 Å². The van der Waals surface area contributed by atoms with E-state index in [0.717, 1.165) is 76.1 Å². The lowest BCUT2D eigenvalue weighted by Crippen LogP contribution is -2.39. The summed E-state index contributed by atoms with van der Waals surface area (Å²) in [6.07, 6.45) is 3.18. The van der Waals surface area contributed by atoms with Crippen LogP contribution in [0.5, 0.6) is 0 Å². The quantitative estimate of drug-likeness (QED) is 0.200. The number of guanidine groups is 1. The van der Waals surface area contributed by atoms with Gasteiger partial charge < -0.3 is 20.1 Å². The monoisotopic (exact) mass is 525 g/mol. The van der Waals surface area contributed by atoms with Crippen LogP contribution in [-0.4, -0.2) is 58.3 Å². The van der Waals surface area contributed by atoms with Gasteiger partial charge in [0.2, 0.25) is 0 Å². The number of aliphatic imine (C=N–C) groups is 1. The third-order valence-electron chi connectivity index (χ3n) is 4.43. The zero-order valence-electron chi connectivity index (χ0n) is 16.6. The molecular weight excluding hydrogens is 492 g/mol. The Balaban J connectivity index is 0.00000392. The highest BCUT2D eigenvalue weighted by molar-refractivity contribution is 14.0. The Hall–Kier alpha value is -0.580. The maximum atomic E-state index is 13.5. The molecule has 1 aliphatic rings. The first-order chi connectivity index (χ1) is 13.3. The van der Waals surface area contributed by atoms with Crippen molar-refractivity contribution in [3.05, 3.63) is 35.6 Å². The highest BCUT2D eigenvalue weighted by atomic mass is 127. The van der Waals surface area contributed by atoms with Crippen molar-refractivity contribution in [3.63, 3.8) is 0 Å². The molecule has 0 atom stereocenters. The van der Waals surface area contributed by atoms with Gasteiger partial charge in [0, 0.05) is 58.1 Å². The fourth-order valence-electron chi connectivity index (χ4n) is 2.80. The van der Waals surface area contributed by atoms with Gasteiger partial charge in [-0.05, 0) is 36.8 Å². The van der Waals surface area contributed by atoms with E-state index in [0.29, 0.717) is 11.7 Å². The van der Waals surface area contributed by atoms with E-state index in [1.54, 1.807) is 24.9 Å². The Kier molecular flexibility index (Phi) is 14.8. The molecule has 1 aromatic rings. The van der Waals surface area contributed by atoms with Crippen molar-refractivity contribution in [1.29, 1.82) is 0 Å². The lowest BCUT2D eigenvalue weighted by molar-refractivity contribution is 0.0203. The lowest BCUT2D eigenvalue weighted by Gasteiger charge is -2.21. The van der Waals surface area contributed by atoms with Crippen molar-refractivity contribution < 1.29 is 13.9 Å². The number of benzene rings is 1. The number of thioether (sulfide) groups is 1. The topological polar surface area (TPSA) is 54.9 Å². The largest absolute Gasteiger partial charge is 0.381 e. The number of halogens is 2. The van der Waals surface area contributed by atoms with E-state index in [1.165, 1.54) is 6.07 Å². The molecule has 1 aliphatic heterocycles. The Morgan fingerprint density at radius 1 is 1.25 bits per heavy atom. The number of rotatable bonds is 11. The molecule has 5 nitrogen and oxygen atoms in total. The summed E-state index contributed by atoms with van der Waals surface area (Å²) in [6.45, 7) is 4.97. The van der Waals surface area contributed by atoms with Gasteiger partial charge in [0.15, 0.2) is 5.96 Å². The van der Waals surface area contributed by atoms with Crippen LogP contribution >= 0.6 is 35.7 Å². The van der Waals surface area contributed by atoms with E-state index in [1.807, 2.05) is 12.1 Å². The number of nitrogens with one attached hydrogen (secondary N) is 2. The fraction of sp³-hybridized carbons (Fsp3) is 0.650. The minimum atomic E-state index is -0.130. The normalized spacial score (nSPS) is 15.1. The van der Waals surface area contributed by atoms with Gasteiger partial charge in [-0.1, -0.05) is 18.2 Å². The average molecular weight is 525 g/mol. The minimum Gasteiger partial charge on any atom is -0.381 e. The highest BCUT2D eigenvalue weighted by Gasteiger charge is 2.13. The zero-order chi connectivity index (χ0) is 19.2. The molecule has 0 bridgehead atoms.